The normalized spacial score (nSPS) is 18.7. The minimum absolute atomic E-state index is 0.0285. The van der Waals surface area contributed by atoms with E-state index in [2.05, 4.69) is 31.5 Å². The summed E-state index contributed by atoms with van der Waals surface area (Å²) in [5, 5.41) is 20.4. The van der Waals surface area contributed by atoms with Crippen molar-refractivity contribution in [3.63, 3.8) is 0 Å². The van der Waals surface area contributed by atoms with Crippen molar-refractivity contribution < 1.29 is 42.5 Å². The van der Waals surface area contributed by atoms with Gasteiger partial charge in [-0.05, 0) is 13.8 Å². The van der Waals surface area contributed by atoms with Crippen molar-refractivity contribution >= 4 is 59.7 Å². The van der Waals surface area contributed by atoms with Crippen LogP contribution in [0.1, 0.15) is 19.7 Å². The second-order valence-corrected chi connectivity index (χ2v) is 12.1. The summed E-state index contributed by atoms with van der Waals surface area (Å²) >= 11 is 2.08. The topological polar surface area (TPSA) is 188 Å². The fourth-order valence-electron chi connectivity index (χ4n) is 4.03. The molecule has 4 rings (SSSR count). The van der Waals surface area contributed by atoms with E-state index in [1.54, 1.807) is 30.8 Å². The number of hydrogen-bond acceptors (Lipinski definition) is 13. The Balaban J connectivity index is 1.52. The van der Waals surface area contributed by atoms with Crippen LogP contribution in [0.15, 0.2) is 59.7 Å². The van der Waals surface area contributed by atoms with Gasteiger partial charge in [0.15, 0.2) is 18.9 Å². The number of β-lactam (4-membered cyclic amide) rings is 1. The molecular weight excluding hydrogens is 609 g/mol. The van der Waals surface area contributed by atoms with E-state index in [4.69, 9.17) is 13.9 Å². The molecule has 1 fully saturated rings. The lowest BCUT2D eigenvalue weighted by Gasteiger charge is -2.50. The minimum atomic E-state index is -3.73. The maximum absolute atomic E-state index is 13.3. The number of oxime groups is 1. The number of nitrogens with one attached hydrogen (secondary N) is 2. The number of aliphatic carboxylic acids is 1. The highest BCUT2D eigenvalue weighted by Crippen LogP contribution is 2.48. The number of nitrogens with zero attached hydrogens (tertiary/aromatic N) is 5. The van der Waals surface area contributed by atoms with E-state index in [1.165, 1.54) is 17.8 Å². The van der Waals surface area contributed by atoms with Gasteiger partial charge in [-0.25, -0.2) is 9.13 Å². The zero-order chi connectivity index (χ0) is 30.3. The molecule has 2 aromatic rings. The first-order valence-corrected chi connectivity index (χ1v) is 16.0. The number of carboxylic acids is 1. The van der Waals surface area contributed by atoms with Gasteiger partial charge in [-0.1, -0.05) is 23.9 Å². The first-order chi connectivity index (χ1) is 20.2. The predicted molar refractivity (Wildman–Crippen MR) is 151 cm³/mol. The third kappa shape index (κ3) is 7.04. The molecule has 224 valence electrons. The Hall–Kier alpha value is -3.63. The summed E-state index contributed by atoms with van der Waals surface area (Å²) in [7, 11) is -3.73. The number of hydrogen-bond donors (Lipinski definition) is 2. The predicted octanol–water partition coefficient (Wildman–Crippen LogP) is 0.429. The van der Waals surface area contributed by atoms with Gasteiger partial charge in [-0.2, -0.15) is 9.36 Å². The van der Waals surface area contributed by atoms with Gasteiger partial charge in [-0.3, -0.25) is 28.6 Å². The number of pyridine rings is 1. The molecule has 0 bridgehead atoms. The Morgan fingerprint density at radius 2 is 2.00 bits per heavy atom. The van der Waals surface area contributed by atoms with Crippen LogP contribution in [-0.2, 0) is 39.4 Å². The van der Waals surface area contributed by atoms with Crippen molar-refractivity contribution in [2.45, 2.75) is 31.8 Å². The van der Waals surface area contributed by atoms with Gasteiger partial charge in [0.25, 0.3) is 11.8 Å². The fraction of sp³-hybridized carbons (Fsp3) is 0.375. The largest absolute Gasteiger partial charge is 0.543 e. The van der Waals surface area contributed by atoms with Crippen LogP contribution in [0.3, 0.4) is 0 Å². The standard InChI is InChI=1S/C24H28N7O8PS2/c1-4-12-37-27-16(19-26-24(42-29-19)28-40(36,38-5-2)39-6-3)20(32)25-17-21(33)31-18(23(34)35)15(14-41-22(17)31)13-30-10-8-7-9-11-30/h4,7-11,17,22H,1,5-6,12-14H2,2-3H3,(H2-,25,26,28,29,32,34,35,36)/b27-16-/t17?,22-/m1/s1. The number of rotatable bonds is 15. The highest BCUT2D eigenvalue weighted by atomic mass is 32.2. The average molecular weight is 638 g/mol. The summed E-state index contributed by atoms with van der Waals surface area (Å²) in [5.74, 6) is -2.82. The van der Waals surface area contributed by atoms with Gasteiger partial charge >= 0.3 is 7.75 Å². The van der Waals surface area contributed by atoms with Gasteiger partial charge in [0.05, 0.1) is 24.9 Å². The van der Waals surface area contributed by atoms with E-state index in [0.29, 0.717) is 11.3 Å². The number of carboxylic acid groups (broad SMARTS) is 1. The van der Waals surface area contributed by atoms with E-state index >= 15 is 0 Å². The second kappa shape index (κ2) is 14.0. The lowest BCUT2D eigenvalue weighted by molar-refractivity contribution is -0.689. The maximum atomic E-state index is 13.3. The molecule has 0 saturated carbocycles. The highest BCUT2D eigenvalue weighted by molar-refractivity contribution is 8.00. The molecule has 0 spiro atoms. The molecule has 15 nitrogen and oxygen atoms in total. The molecule has 18 heteroatoms. The molecule has 2 atom stereocenters. The summed E-state index contributed by atoms with van der Waals surface area (Å²) in [5.41, 5.74) is -0.0693. The number of aromatic nitrogens is 3. The van der Waals surface area contributed by atoms with Crippen molar-refractivity contribution in [1.82, 2.24) is 19.6 Å². The SMILES string of the molecule is C=CCO/N=C(\C(=O)NC1C(=O)N2C(C(=O)[O-])=C(C[n+]3ccccc3)CS[C@H]12)c1nsc(NP(=O)(OCC)OCC)n1. The van der Waals surface area contributed by atoms with Gasteiger partial charge in [0.2, 0.25) is 16.7 Å². The van der Waals surface area contributed by atoms with Crippen molar-refractivity contribution in [1.29, 1.82) is 0 Å². The van der Waals surface area contributed by atoms with Crippen LogP contribution in [0.4, 0.5) is 5.13 Å². The number of carbonyl (C=O) groups excluding carboxylic acids is 3. The lowest BCUT2D eigenvalue weighted by atomic mass is 10.0. The number of amides is 2. The van der Waals surface area contributed by atoms with E-state index < -0.39 is 36.9 Å². The van der Waals surface area contributed by atoms with Crippen LogP contribution < -0.4 is 20.1 Å². The molecule has 2 aromatic heterocycles. The van der Waals surface area contributed by atoms with Crippen LogP contribution in [0.25, 0.3) is 0 Å². The molecule has 42 heavy (non-hydrogen) atoms. The smallest absolute Gasteiger partial charge is 0.434 e. The highest BCUT2D eigenvalue weighted by Gasteiger charge is 2.53. The Kier molecular flexibility index (Phi) is 10.5. The molecule has 1 saturated heterocycles. The molecule has 0 radical (unpaired) electrons. The minimum Gasteiger partial charge on any atom is -0.543 e. The van der Waals surface area contributed by atoms with Gasteiger partial charge in [0, 0.05) is 35.0 Å². The van der Waals surface area contributed by atoms with E-state index in [0.717, 1.165) is 16.4 Å². The molecule has 2 aliphatic heterocycles. The molecule has 4 heterocycles. The third-order valence-electron chi connectivity index (χ3n) is 5.71. The van der Waals surface area contributed by atoms with Crippen LogP contribution in [-0.4, -0.2) is 74.7 Å². The molecule has 2 amide bonds. The lowest BCUT2D eigenvalue weighted by Crippen LogP contribution is -2.71. The van der Waals surface area contributed by atoms with E-state index in [-0.39, 0.29) is 48.7 Å². The maximum Gasteiger partial charge on any atom is 0.434 e. The van der Waals surface area contributed by atoms with Gasteiger partial charge in [0.1, 0.15) is 18.0 Å². The molecule has 1 unspecified atom stereocenters. The van der Waals surface area contributed by atoms with Crippen LogP contribution in [0.2, 0.25) is 0 Å². The van der Waals surface area contributed by atoms with Crippen molar-refractivity contribution in [2.75, 3.05) is 30.7 Å². The second-order valence-electron chi connectivity index (χ2n) is 8.54. The molecular formula is C24H28N7O8PS2. The number of anilines is 1. The molecule has 2 N–H and O–H groups in total. The average Bonchev–Trinajstić information content (AvgIpc) is 3.41. The zero-order valence-corrected chi connectivity index (χ0v) is 25.2. The summed E-state index contributed by atoms with van der Waals surface area (Å²) in [4.78, 5) is 48.9. The monoisotopic (exact) mass is 637 g/mol. The van der Waals surface area contributed by atoms with Crippen molar-refractivity contribution in [3.05, 3.63) is 60.3 Å². The Morgan fingerprint density at radius 1 is 1.29 bits per heavy atom. The molecule has 0 aromatic carbocycles. The van der Waals surface area contributed by atoms with Crippen LogP contribution in [0, 0.1) is 0 Å². The summed E-state index contributed by atoms with van der Waals surface area (Å²) < 4.78 is 29.1. The van der Waals surface area contributed by atoms with Crippen molar-refractivity contribution in [2.24, 2.45) is 5.16 Å². The van der Waals surface area contributed by atoms with E-state index in [9.17, 15) is 24.1 Å². The fourth-order valence-corrected chi connectivity index (χ4v) is 7.45. The Bertz CT molecular complexity index is 1440. The summed E-state index contributed by atoms with van der Waals surface area (Å²) in [6, 6.07) is 4.40. The van der Waals surface area contributed by atoms with Crippen molar-refractivity contribution in [3.8, 4) is 0 Å². The number of fused-ring (bicyclic) bond motifs is 1. The first-order valence-electron chi connectivity index (χ1n) is 12.7. The number of thioether (sulfide) groups is 1. The summed E-state index contributed by atoms with van der Waals surface area (Å²) in [6.45, 7) is 7.25. The van der Waals surface area contributed by atoms with Crippen LogP contribution >= 0.6 is 31.0 Å². The van der Waals surface area contributed by atoms with E-state index in [1.807, 2.05) is 18.2 Å². The van der Waals surface area contributed by atoms with Gasteiger partial charge < -0.3 is 20.1 Å². The zero-order valence-electron chi connectivity index (χ0n) is 22.6. The summed E-state index contributed by atoms with van der Waals surface area (Å²) in [6.07, 6.45) is 4.98. The first kappa shape index (κ1) is 31.3. The molecule has 0 aliphatic carbocycles. The molecule has 2 aliphatic rings. The quantitative estimate of drug-likeness (QED) is 0.0522. The number of carbonyl (C=O) groups is 3. The Morgan fingerprint density at radius 3 is 2.64 bits per heavy atom. The van der Waals surface area contributed by atoms with Crippen LogP contribution in [0.5, 0.6) is 0 Å². The van der Waals surface area contributed by atoms with Gasteiger partial charge in [-0.15, -0.1) is 11.8 Å². The third-order valence-corrected chi connectivity index (χ3v) is 9.51. The Labute approximate surface area is 249 Å².